The third-order valence-electron chi connectivity index (χ3n) is 4.36. The van der Waals surface area contributed by atoms with Gasteiger partial charge in [-0.15, -0.1) is 0 Å². The second-order valence-corrected chi connectivity index (χ2v) is 6.48. The van der Waals surface area contributed by atoms with Gasteiger partial charge in [-0.1, -0.05) is 66.2 Å². The highest BCUT2D eigenvalue weighted by molar-refractivity contribution is 5.76. The third kappa shape index (κ3) is 8.48. The summed E-state index contributed by atoms with van der Waals surface area (Å²) in [5.74, 6) is 0.385. The van der Waals surface area contributed by atoms with E-state index in [2.05, 4.69) is 39.5 Å². The Kier molecular flexibility index (Phi) is 12.8. The van der Waals surface area contributed by atoms with Gasteiger partial charge in [-0.25, -0.2) is 0 Å². The number of amides is 1. The maximum absolute atomic E-state index is 12.6. The molecule has 21 heavy (non-hydrogen) atoms. The van der Waals surface area contributed by atoms with Crippen LogP contribution >= 0.6 is 0 Å². The van der Waals surface area contributed by atoms with Crippen molar-refractivity contribution in [1.29, 1.82) is 0 Å². The van der Waals surface area contributed by atoms with E-state index < -0.39 is 0 Å². The Morgan fingerprint density at radius 2 is 1.48 bits per heavy atom. The number of rotatable bonds is 13. The smallest absolute Gasteiger partial charge is 0.223 e. The molecule has 0 saturated carbocycles. The lowest BCUT2D eigenvalue weighted by atomic mass is 9.98. The first-order valence-corrected chi connectivity index (χ1v) is 9.43. The summed E-state index contributed by atoms with van der Waals surface area (Å²) in [6.07, 6.45) is 12.6. The molecule has 0 saturated heterocycles. The van der Waals surface area contributed by atoms with E-state index in [4.69, 9.17) is 0 Å². The Labute approximate surface area is 133 Å². The molecule has 0 heterocycles. The van der Waals surface area contributed by atoms with E-state index in [1.54, 1.807) is 0 Å². The molecule has 2 heteroatoms. The number of carbonyl (C=O) groups is 1. The zero-order valence-corrected chi connectivity index (χ0v) is 15.3. The van der Waals surface area contributed by atoms with Crippen molar-refractivity contribution in [2.75, 3.05) is 0 Å². The van der Waals surface area contributed by atoms with Gasteiger partial charge in [0.25, 0.3) is 0 Å². The fourth-order valence-electron chi connectivity index (χ4n) is 3.18. The Hall–Kier alpha value is -0.530. The van der Waals surface area contributed by atoms with Crippen molar-refractivity contribution in [3.05, 3.63) is 0 Å². The van der Waals surface area contributed by atoms with E-state index in [1.165, 1.54) is 44.9 Å². The molecule has 0 aliphatic carbocycles. The molecule has 0 radical (unpaired) electrons. The second kappa shape index (κ2) is 13.2. The fraction of sp³-hybridized carbons (Fsp3) is 0.947. The molecule has 0 aromatic rings. The molecule has 2 nitrogen and oxygen atoms in total. The molecule has 0 aliphatic rings. The highest BCUT2D eigenvalue weighted by Crippen LogP contribution is 2.22. The topological polar surface area (TPSA) is 20.3 Å². The highest BCUT2D eigenvalue weighted by atomic mass is 16.2. The summed E-state index contributed by atoms with van der Waals surface area (Å²) in [5, 5.41) is 0. The van der Waals surface area contributed by atoms with E-state index in [9.17, 15) is 4.79 Å². The lowest BCUT2D eigenvalue weighted by Gasteiger charge is -2.37. The van der Waals surface area contributed by atoms with Crippen molar-refractivity contribution in [1.82, 2.24) is 4.90 Å². The minimum absolute atomic E-state index is 0.385. The first-order valence-electron chi connectivity index (χ1n) is 9.43. The molecule has 0 fully saturated rings. The van der Waals surface area contributed by atoms with Crippen LogP contribution in [-0.2, 0) is 4.79 Å². The first-order chi connectivity index (χ1) is 10.1. The quantitative estimate of drug-likeness (QED) is 0.385. The molecule has 0 aromatic carbocycles. The number of unbranched alkanes of at least 4 members (excludes halogenated alkanes) is 3. The van der Waals surface area contributed by atoms with E-state index in [1.807, 2.05) is 0 Å². The standard InChI is InChI=1S/C19H39NO/c1-6-10-12-15-17(5)20(19(21)14-9-4)18(13-8-3)16-11-7-2/h17-18H,6-16H2,1-5H3. The Balaban J connectivity index is 4.83. The molecular weight excluding hydrogens is 258 g/mol. The van der Waals surface area contributed by atoms with Crippen molar-refractivity contribution in [2.45, 2.75) is 117 Å². The van der Waals surface area contributed by atoms with Crippen molar-refractivity contribution in [3.8, 4) is 0 Å². The Morgan fingerprint density at radius 3 is 2.00 bits per heavy atom. The molecule has 2 atom stereocenters. The molecule has 1 amide bonds. The summed E-state index contributed by atoms with van der Waals surface area (Å²) < 4.78 is 0. The molecule has 0 spiro atoms. The second-order valence-electron chi connectivity index (χ2n) is 6.48. The van der Waals surface area contributed by atoms with Gasteiger partial charge in [0.05, 0.1) is 0 Å². The molecule has 0 aromatic heterocycles. The van der Waals surface area contributed by atoms with Crippen LogP contribution in [-0.4, -0.2) is 22.9 Å². The van der Waals surface area contributed by atoms with Gasteiger partial charge >= 0.3 is 0 Å². The van der Waals surface area contributed by atoms with Gasteiger partial charge in [0.2, 0.25) is 5.91 Å². The van der Waals surface area contributed by atoms with Crippen LogP contribution in [0.25, 0.3) is 0 Å². The summed E-state index contributed by atoms with van der Waals surface area (Å²) >= 11 is 0. The Bertz CT molecular complexity index is 252. The van der Waals surface area contributed by atoms with Crippen molar-refractivity contribution in [3.63, 3.8) is 0 Å². The van der Waals surface area contributed by atoms with Gasteiger partial charge in [-0.2, -0.15) is 0 Å². The average molecular weight is 298 g/mol. The van der Waals surface area contributed by atoms with Crippen LogP contribution in [0.4, 0.5) is 0 Å². The molecule has 0 aliphatic heterocycles. The van der Waals surface area contributed by atoms with Crippen LogP contribution < -0.4 is 0 Å². The van der Waals surface area contributed by atoms with Crippen molar-refractivity contribution in [2.24, 2.45) is 0 Å². The average Bonchev–Trinajstić information content (AvgIpc) is 2.45. The molecule has 0 bridgehead atoms. The Morgan fingerprint density at radius 1 is 0.810 bits per heavy atom. The van der Waals surface area contributed by atoms with Crippen LogP contribution in [0.15, 0.2) is 0 Å². The van der Waals surface area contributed by atoms with Gasteiger partial charge in [0, 0.05) is 18.5 Å². The first kappa shape index (κ1) is 20.5. The summed E-state index contributed by atoms with van der Waals surface area (Å²) in [4.78, 5) is 14.9. The number of hydrogen-bond acceptors (Lipinski definition) is 1. The zero-order chi connectivity index (χ0) is 16.1. The van der Waals surface area contributed by atoms with Gasteiger partial charge in [0.15, 0.2) is 0 Å². The molecule has 2 unspecified atom stereocenters. The van der Waals surface area contributed by atoms with E-state index in [0.717, 1.165) is 19.3 Å². The van der Waals surface area contributed by atoms with E-state index >= 15 is 0 Å². The van der Waals surface area contributed by atoms with Crippen LogP contribution in [0.5, 0.6) is 0 Å². The maximum atomic E-state index is 12.6. The third-order valence-corrected chi connectivity index (χ3v) is 4.36. The van der Waals surface area contributed by atoms with Gasteiger partial charge in [0.1, 0.15) is 0 Å². The van der Waals surface area contributed by atoms with Crippen LogP contribution in [0.2, 0.25) is 0 Å². The molecule has 0 rings (SSSR count). The van der Waals surface area contributed by atoms with Crippen molar-refractivity contribution >= 4 is 5.91 Å². The highest BCUT2D eigenvalue weighted by Gasteiger charge is 2.26. The van der Waals surface area contributed by atoms with Gasteiger partial charge in [-0.3, -0.25) is 4.79 Å². The van der Waals surface area contributed by atoms with Crippen molar-refractivity contribution < 1.29 is 4.79 Å². The fourth-order valence-corrected chi connectivity index (χ4v) is 3.18. The molecule has 126 valence electrons. The number of carbonyl (C=O) groups excluding carboxylic acids is 1. The normalized spacial score (nSPS) is 14.0. The van der Waals surface area contributed by atoms with E-state index in [-0.39, 0.29) is 0 Å². The lowest BCUT2D eigenvalue weighted by Crippen LogP contribution is -2.46. The summed E-state index contributed by atoms with van der Waals surface area (Å²) in [7, 11) is 0. The van der Waals surface area contributed by atoms with Crippen LogP contribution in [0, 0.1) is 0 Å². The lowest BCUT2D eigenvalue weighted by molar-refractivity contribution is -0.136. The van der Waals surface area contributed by atoms with E-state index in [0.29, 0.717) is 24.4 Å². The maximum Gasteiger partial charge on any atom is 0.223 e. The summed E-state index contributed by atoms with van der Waals surface area (Å²) in [6, 6.07) is 0.870. The number of nitrogens with zero attached hydrogens (tertiary/aromatic N) is 1. The zero-order valence-electron chi connectivity index (χ0n) is 15.3. The van der Waals surface area contributed by atoms with Gasteiger partial charge in [-0.05, 0) is 32.6 Å². The largest absolute Gasteiger partial charge is 0.337 e. The SMILES string of the molecule is CCCCCC(C)N(C(=O)CCC)C(CCC)CCCC. The predicted octanol–water partition coefficient (Wildman–Crippen LogP) is 5.94. The minimum atomic E-state index is 0.385. The van der Waals surface area contributed by atoms with Gasteiger partial charge < -0.3 is 4.90 Å². The summed E-state index contributed by atoms with van der Waals surface area (Å²) in [5.41, 5.74) is 0. The monoisotopic (exact) mass is 297 g/mol. The number of hydrogen-bond donors (Lipinski definition) is 0. The van der Waals surface area contributed by atoms with Crippen LogP contribution in [0.1, 0.15) is 105 Å². The van der Waals surface area contributed by atoms with Crippen LogP contribution in [0.3, 0.4) is 0 Å². The summed E-state index contributed by atoms with van der Waals surface area (Å²) in [6.45, 7) is 11.1. The predicted molar refractivity (Wildman–Crippen MR) is 93.6 cm³/mol. The molecular formula is C19H39NO. The minimum Gasteiger partial charge on any atom is -0.337 e. The molecule has 0 N–H and O–H groups in total.